The number of hydrogen-bond donors (Lipinski definition) is 1. The van der Waals surface area contributed by atoms with Gasteiger partial charge in [0, 0.05) is 35.9 Å². The lowest BCUT2D eigenvalue weighted by atomic mass is 9.79. The van der Waals surface area contributed by atoms with Gasteiger partial charge in [0.05, 0.1) is 28.6 Å². The minimum Gasteiger partial charge on any atom is -0.461 e. The molecule has 0 aliphatic carbocycles. The predicted octanol–water partition coefficient (Wildman–Crippen LogP) is 2.93. The first-order chi connectivity index (χ1) is 14.8. The van der Waals surface area contributed by atoms with E-state index in [4.69, 9.17) is 14.2 Å². The Morgan fingerprint density at radius 2 is 1.65 bits per heavy atom. The Bertz CT molecular complexity index is 867. The molecule has 168 valence electrons. The first-order valence-electron chi connectivity index (χ1n) is 9.57. The van der Waals surface area contributed by atoms with Crippen LogP contribution in [-0.2, 0) is 23.8 Å². The summed E-state index contributed by atoms with van der Waals surface area (Å²) in [5.41, 5.74) is 1.18. The van der Waals surface area contributed by atoms with Gasteiger partial charge in [-0.1, -0.05) is 18.2 Å². The van der Waals surface area contributed by atoms with Crippen molar-refractivity contribution >= 4 is 29.4 Å². The van der Waals surface area contributed by atoms with Crippen LogP contribution >= 0.6 is 11.8 Å². The number of nitrogens with one attached hydrogen (secondary N) is 1. The van der Waals surface area contributed by atoms with Gasteiger partial charge < -0.3 is 19.5 Å². The number of hydrogen-bond acceptors (Lipinski definition) is 9. The Labute approximate surface area is 185 Å². The van der Waals surface area contributed by atoms with Crippen LogP contribution in [0.2, 0.25) is 0 Å². The largest absolute Gasteiger partial charge is 0.461 e. The molecule has 1 aliphatic heterocycles. The molecular formula is C21H26N2O7S. The SMILES string of the molecule is COCCOC(=O)C1=C(C)NC(C)=C(C(=O)OCCSC)[C@@H]1c1ccccc1[N+](=O)[O-]. The van der Waals surface area contributed by atoms with Crippen LogP contribution in [0, 0.1) is 10.1 Å². The average Bonchev–Trinajstić information content (AvgIpc) is 2.73. The number of thioether (sulfide) groups is 1. The third kappa shape index (κ3) is 5.86. The van der Waals surface area contributed by atoms with Crippen molar-refractivity contribution in [3.05, 3.63) is 62.5 Å². The second-order valence-electron chi connectivity index (χ2n) is 6.71. The Kier molecular flexibility index (Phi) is 9.07. The Hall–Kier alpha value is -2.85. The van der Waals surface area contributed by atoms with Gasteiger partial charge >= 0.3 is 11.9 Å². The molecule has 0 amide bonds. The summed E-state index contributed by atoms with van der Waals surface area (Å²) in [6, 6.07) is 6.03. The standard InChI is InChI=1S/C21H26N2O7S/c1-13-17(20(24)29-10-9-28-3)19(15-7-5-6-8-16(15)23(26)27)18(14(2)22-13)21(25)30-11-12-31-4/h5-8,19,22H,9-12H2,1-4H3/t19-/m1/s1. The number of esters is 2. The van der Waals surface area contributed by atoms with Crippen LogP contribution in [0.5, 0.6) is 0 Å². The molecule has 0 fully saturated rings. The molecular weight excluding hydrogens is 424 g/mol. The van der Waals surface area contributed by atoms with Crippen LogP contribution in [0.3, 0.4) is 0 Å². The lowest BCUT2D eigenvalue weighted by Crippen LogP contribution is -2.33. The topological polar surface area (TPSA) is 117 Å². The molecule has 0 saturated heterocycles. The van der Waals surface area contributed by atoms with Gasteiger partial charge in [0.1, 0.15) is 13.2 Å². The number of rotatable bonds is 10. The van der Waals surface area contributed by atoms with E-state index in [1.54, 1.807) is 19.9 Å². The zero-order valence-electron chi connectivity index (χ0n) is 17.9. The van der Waals surface area contributed by atoms with Gasteiger partial charge in [-0.05, 0) is 20.1 Å². The monoisotopic (exact) mass is 450 g/mol. The molecule has 0 saturated carbocycles. The second-order valence-corrected chi connectivity index (χ2v) is 7.69. The Morgan fingerprint density at radius 3 is 2.19 bits per heavy atom. The Morgan fingerprint density at radius 1 is 1.06 bits per heavy atom. The van der Waals surface area contributed by atoms with E-state index in [1.807, 2.05) is 6.26 Å². The van der Waals surface area contributed by atoms with Crippen molar-refractivity contribution in [3.8, 4) is 0 Å². The molecule has 1 N–H and O–H groups in total. The predicted molar refractivity (Wildman–Crippen MR) is 117 cm³/mol. The molecule has 1 aliphatic rings. The first-order valence-corrected chi connectivity index (χ1v) is 11.0. The fourth-order valence-corrected chi connectivity index (χ4v) is 3.58. The number of carbonyl (C=O) groups is 2. The lowest BCUT2D eigenvalue weighted by Gasteiger charge is -2.30. The van der Waals surface area contributed by atoms with Crippen molar-refractivity contribution in [2.24, 2.45) is 0 Å². The van der Waals surface area contributed by atoms with E-state index < -0.39 is 22.8 Å². The molecule has 10 heteroatoms. The summed E-state index contributed by atoms with van der Waals surface area (Å²) in [7, 11) is 1.48. The quantitative estimate of drug-likeness (QED) is 0.248. The lowest BCUT2D eigenvalue weighted by molar-refractivity contribution is -0.385. The zero-order chi connectivity index (χ0) is 23.0. The van der Waals surface area contributed by atoms with Crippen molar-refractivity contribution in [1.29, 1.82) is 0 Å². The van der Waals surface area contributed by atoms with Gasteiger partial charge in [0.2, 0.25) is 0 Å². The fourth-order valence-electron chi connectivity index (χ4n) is 3.33. The Balaban J connectivity index is 2.59. The van der Waals surface area contributed by atoms with Crippen LogP contribution in [0.1, 0.15) is 25.3 Å². The molecule has 2 rings (SSSR count). The molecule has 31 heavy (non-hydrogen) atoms. The normalized spacial score (nSPS) is 16.1. The van der Waals surface area contributed by atoms with Gasteiger partial charge in [-0.3, -0.25) is 10.1 Å². The van der Waals surface area contributed by atoms with E-state index in [-0.39, 0.29) is 42.2 Å². The number of para-hydroxylation sites is 1. The van der Waals surface area contributed by atoms with E-state index in [1.165, 1.54) is 37.1 Å². The van der Waals surface area contributed by atoms with E-state index in [0.29, 0.717) is 17.1 Å². The van der Waals surface area contributed by atoms with E-state index >= 15 is 0 Å². The van der Waals surface area contributed by atoms with Crippen molar-refractivity contribution in [2.75, 3.05) is 38.9 Å². The van der Waals surface area contributed by atoms with Crippen LogP contribution in [-0.4, -0.2) is 55.8 Å². The van der Waals surface area contributed by atoms with E-state index in [9.17, 15) is 19.7 Å². The smallest absolute Gasteiger partial charge is 0.336 e. The number of carbonyl (C=O) groups excluding carboxylic acids is 2. The molecule has 1 heterocycles. The summed E-state index contributed by atoms with van der Waals surface area (Å²) >= 11 is 1.52. The molecule has 1 aromatic carbocycles. The van der Waals surface area contributed by atoms with Gasteiger partial charge in [-0.25, -0.2) is 9.59 Å². The van der Waals surface area contributed by atoms with Gasteiger partial charge in [-0.15, -0.1) is 0 Å². The first kappa shape index (κ1) is 24.4. The summed E-state index contributed by atoms with van der Waals surface area (Å²) in [5.74, 6) is -1.74. The maximum atomic E-state index is 13.0. The summed E-state index contributed by atoms with van der Waals surface area (Å²) in [6.45, 7) is 3.71. The maximum absolute atomic E-state index is 13.0. The summed E-state index contributed by atoms with van der Waals surface area (Å²) < 4.78 is 15.6. The number of nitro groups is 1. The number of allylic oxidation sites excluding steroid dienone is 2. The fraction of sp³-hybridized carbons (Fsp3) is 0.429. The molecule has 0 spiro atoms. The van der Waals surface area contributed by atoms with Gasteiger partial charge in [0.25, 0.3) is 5.69 Å². The van der Waals surface area contributed by atoms with Crippen molar-refractivity contribution in [2.45, 2.75) is 19.8 Å². The third-order valence-corrected chi connectivity index (χ3v) is 5.26. The number of methoxy groups -OCH3 is 1. The highest BCUT2D eigenvalue weighted by Crippen LogP contribution is 2.42. The van der Waals surface area contributed by atoms with Gasteiger partial charge in [0.15, 0.2) is 0 Å². The van der Waals surface area contributed by atoms with Crippen LogP contribution in [0.25, 0.3) is 0 Å². The maximum Gasteiger partial charge on any atom is 0.336 e. The molecule has 1 aromatic rings. The zero-order valence-corrected chi connectivity index (χ0v) is 18.7. The molecule has 1 atom stereocenters. The summed E-state index contributed by atoms with van der Waals surface area (Å²) in [6.07, 6.45) is 1.89. The van der Waals surface area contributed by atoms with Crippen LogP contribution in [0.4, 0.5) is 5.69 Å². The van der Waals surface area contributed by atoms with Crippen molar-refractivity contribution in [3.63, 3.8) is 0 Å². The number of nitro benzene ring substituents is 1. The van der Waals surface area contributed by atoms with E-state index in [0.717, 1.165) is 0 Å². The molecule has 0 aromatic heterocycles. The molecule has 0 radical (unpaired) electrons. The van der Waals surface area contributed by atoms with E-state index in [2.05, 4.69) is 5.32 Å². The highest BCUT2D eigenvalue weighted by molar-refractivity contribution is 7.98. The van der Waals surface area contributed by atoms with Crippen LogP contribution in [0.15, 0.2) is 46.8 Å². The summed E-state index contributed by atoms with van der Waals surface area (Å²) in [4.78, 5) is 37.1. The second kappa shape index (κ2) is 11.5. The molecule has 9 nitrogen and oxygen atoms in total. The van der Waals surface area contributed by atoms with Crippen molar-refractivity contribution in [1.82, 2.24) is 5.32 Å². The summed E-state index contributed by atoms with van der Waals surface area (Å²) in [5, 5.41) is 14.7. The third-order valence-electron chi connectivity index (χ3n) is 4.69. The van der Waals surface area contributed by atoms with Crippen LogP contribution < -0.4 is 5.32 Å². The number of benzene rings is 1. The highest BCUT2D eigenvalue weighted by Gasteiger charge is 2.40. The number of ether oxygens (including phenoxy) is 3. The average molecular weight is 451 g/mol. The highest BCUT2D eigenvalue weighted by atomic mass is 32.2. The number of dihydropyridines is 1. The molecule has 0 unspecified atom stereocenters. The van der Waals surface area contributed by atoms with Gasteiger partial charge in [-0.2, -0.15) is 11.8 Å². The number of nitrogens with zero attached hydrogens (tertiary/aromatic N) is 1. The van der Waals surface area contributed by atoms with Crippen molar-refractivity contribution < 1.29 is 28.7 Å². The minimum atomic E-state index is -1.01. The minimum absolute atomic E-state index is 0.00587. The molecule has 0 bridgehead atoms.